The lowest BCUT2D eigenvalue weighted by atomic mass is 10.1. The van der Waals surface area contributed by atoms with E-state index >= 15 is 0 Å². The van der Waals surface area contributed by atoms with Crippen LogP contribution in [0.1, 0.15) is 11.9 Å². The summed E-state index contributed by atoms with van der Waals surface area (Å²) < 4.78 is 5.71. The Balaban J connectivity index is 2.64. The van der Waals surface area contributed by atoms with Gasteiger partial charge in [0.15, 0.2) is 3.77 Å². The molecule has 2 atom stereocenters. The highest BCUT2D eigenvalue weighted by Crippen LogP contribution is 2.20. The lowest BCUT2D eigenvalue weighted by molar-refractivity contribution is 0.0107. The van der Waals surface area contributed by atoms with E-state index in [9.17, 15) is 10.2 Å². The minimum atomic E-state index is -1.16. The van der Waals surface area contributed by atoms with Gasteiger partial charge in [0, 0.05) is 4.91 Å². The number of furan rings is 1. The van der Waals surface area contributed by atoms with Gasteiger partial charge in [0.25, 0.3) is 0 Å². The zero-order chi connectivity index (χ0) is 10.6. The van der Waals surface area contributed by atoms with Crippen molar-refractivity contribution >= 4 is 22.6 Å². The van der Waals surface area contributed by atoms with E-state index in [2.05, 4.69) is 10.0 Å². The van der Waals surface area contributed by atoms with Crippen LogP contribution in [0.3, 0.4) is 0 Å². The van der Waals surface area contributed by atoms with E-state index in [1.807, 2.05) is 22.6 Å². The predicted molar refractivity (Wildman–Crippen MR) is 56.4 cm³/mol. The van der Waals surface area contributed by atoms with Crippen molar-refractivity contribution in [1.82, 2.24) is 0 Å². The molecule has 2 N–H and O–H groups in total. The maximum absolute atomic E-state index is 9.50. The van der Waals surface area contributed by atoms with Gasteiger partial charge < -0.3 is 14.6 Å². The van der Waals surface area contributed by atoms with Gasteiger partial charge in [-0.2, -0.15) is 0 Å². The maximum Gasteiger partial charge on any atom is 0.164 e. The summed E-state index contributed by atoms with van der Waals surface area (Å²) in [6, 6.07) is 3.23. The molecule has 0 saturated heterocycles. The molecule has 2 unspecified atom stereocenters. The molecular weight excluding hydrogens is 301 g/mol. The summed E-state index contributed by atoms with van der Waals surface area (Å²) in [5.74, 6) is 0.259. The van der Waals surface area contributed by atoms with Crippen molar-refractivity contribution in [3.63, 3.8) is 0 Å². The molecule has 0 spiro atoms. The Labute approximate surface area is 93.3 Å². The minimum absolute atomic E-state index is 0.186. The molecule has 0 aliphatic rings. The molecule has 14 heavy (non-hydrogen) atoms. The molecule has 0 radical (unpaired) electrons. The Kier molecular flexibility index (Phi) is 4.21. The number of halogens is 1. The number of rotatable bonds is 4. The third kappa shape index (κ3) is 2.88. The molecule has 0 aromatic carbocycles. The smallest absolute Gasteiger partial charge is 0.164 e. The highest BCUT2D eigenvalue weighted by Gasteiger charge is 2.20. The molecule has 76 valence electrons. The van der Waals surface area contributed by atoms with Crippen molar-refractivity contribution in [2.24, 2.45) is 5.11 Å². The second kappa shape index (κ2) is 5.20. The van der Waals surface area contributed by atoms with Crippen molar-refractivity contribution in [3.8, 4) is 0 Å². The van der Waals surface area contributed by atoms with E-state index in [0.29, 0.717) is 3.77 Å². The minimum Gasteiger partial charge on any atom is -0.453 e. The molecule has 1 aromatic heterocycles. The van der Waals surface area contributed by atoms with Crippen molar-refractivity contribution in [3.05, 3.63) is 32.1 Å². The predicted octanol–water partition coefficient (Wildman–Crippen LogP) is 1.59. The van der Waals surface area contributed by atoms with Crippen LogP contribution in [0.15, 0.2) is 21.7 Å². The van der Waals surface area contributed by atoms with E-state index in [4.69, 9.17) is 9.95 Å². The first-order valence-electron chi connectivity index (χ1n) is 3.77. The fraction of sp³-hybridized carbons (Fsp3) is 0.429. The van der Waals surface area contributed by atoms with Crippen molar-refractivity contribution in [1.29, 1.82) is 0 Å². The summed E-state index contributed by atoms with van der Waals surface area (Å²) in [6.07, 6.45) is -2.31. The maximum atomic E-state index is 9.50. The summed E-state index contributed by atoms with van der Waals surface area (Å²) in [4.78, 5) is 2.48. The van der Waals surface area contributed by atoms with Crippen LogP contribution in [0, 0.1) is 3.77 Å². The van der Waals surface area contributed by atoms with E-state index in [1.54, 1.807) is 12.1 Å². The van der Waals surface area contributed by atoms with Crippen LogP contribution in [-0.4, -0.2) is 22.9 Å². The van der Waals surface area contributed by atoms with E-state index in [-0.39, 0.29) is 12.3 Å². The molecule has 1 heterocycles. The van der Waals surface area contributed by atoms with Gasteiger partial charge in [-0.3, -0.25) is 0 Å². The van der Waals surface area contributed by atoms with Crippen LogP contribution < -0.4 is 0 Å². The Morgan fingerprint density at radius 1 is 1.57 bits per heavy atom. The van der Waals surface area contributed by atoms with Gasteiger partial charge >= 0.3 is 0 Å². The molecule has 0 aliphatic heterocycles. The Bertz CT molecular complexity index is 348. The SMILES string of the molecule is [N-]=[N+]=NCC(O)C(O)c1ccc(I)o1. The van der Waals surface area contributed by atoms with Gasteiger partial charge in [-0.25, -0.2) is 0 Å². The molecule has 1 rings (SSSR count). The average molecular weight is 309 g/mol. The normalized spacial score (nSPS) is 14.5. The Hall–Kier alpha value is -0.760. The number of aliphatic hydroxyl groups excluding tert-OH is 2. The highest BCUT2D eigenvalue weighted by molar-refractivity contribution is 14.1. The third-order valence-corrected chi connectivity index (χ3v) is 2.16. The number of hydrogen-bond acceptors (Lipinski definition) is 4. The second-order valence-electron chi connectivity index (χ2n) is 2.57. The zero-order valence-corrected chi connectivity index (χ0v) is 9.20. The van der Waals surface area contributed by atoms with Crippen LogP contribution >= 0.6 is 22.6 Å². The zero-order valence-electron chi connectivity index (χ0n) is 7.04. The lowest BCUT2D eigenvalue weighted by Gasteiger charge is -2.12. The first-order chi connectivity index (χ1) is 6.65. The molecule has 7 heteroatoms. The molecule has 1 aromatic rings. The van der Waals surface area contributed by atoms with Crippen molar-refractivity contribution < 1.29 is 14.6 Å². The summed E-state index contributed by atoms with van der Waals surface area (Å²) >= 11 is 1.94. The third-order valence-electron chi connectivity index (χ3n) is 1.58. The number of nitrogens with zero attached hydrogens (tertiary/aromatic N) is 3. The van der Waals surface area contributed by atoms with Gasteiger partial charge in [-0.05, 0) is 40.3 Å². The summed E-state index contributed by atoms with van der Waals surface area (Å²) in [5.41, 5.74) is 8.01. The molecular formula is C7H8IN3O3. The monoisotopic (exact) mass is 309 g/mol. The van der Waals surface area contributed by atoms with Crippen molar-refractivity contribution in [2.75, 3.05) is 6.54 Å². The van der Waals surface area contributed by atoms with Crippen LogP contribution in [0.4, 0.5) is 0 Å². The molecule has 0 fully saturated rings. The van der Waals surface area contributed by atoms with Gasteiger partial charge in [0.05, 0.1) is 12.6 Å². The molecule has 0 amide bonds. The first kappa shape index (κ1) is 11.3. The van der Waals surface area contributed by atoms with Crippen LogP contribution in [0.2, 0.25) is 0 Å². The van der Waals surface area contributed by atoms with Crippen LogP contribution in [0.5, 0.6) is 0 Å². The topological polar surface area (TPSA) is 102 Å². The Morgan fingerprint density at radius 2 is 2.29 bits per heavy atom. The van der Waals surface area contributed by atoms with E-state index < -0.39 is 12.2 Å². The number of azide groups is 1. The summed E-state index contributed by atoms with van der Waals surface area (Å²) in [6.45, 7) is -0.186. The number of aliphatic hydroxyl groups is 2. The lowest BCUT2D eigenvalue weighted by Crippen LogP contribution is -2.20. The van der Waals surface area contributed by atoms with Gasteiger partial charge in [0.2, 0.25) is 0 Å². The molecule has 0 bridgehead atoms. The summed E-state index contributed by atoms with van der Waals surface area (Å²) in [7, 11) is 0. The largest absolute Gasteiger partial charge is 0.453 e. The van der Waals surface area contributed by atoms with Gasteiger partial charge in [-0.15, -0.1) is 0 Å². The quantitative estimate of drug-likeness (QED) is 0.382. The highest BCUT2D eigenvalue weighted by atomic mass is 127. The van der Waals surface area contributed by atoms with Gasteiger partial charge in [-0.1, -0.05) is 5.11 Å². The van der Waals surface area contributed by atoms with Crippen molar-refractivity contribution in [2.45, 2.75) is 12.2 Å². The molecule has 6 nitrogen and oxygen atoms in total. The van der Waals surface area contributed by atoms with Gasteiger partial charge in [0.1, 0.15) is 11.9 Å². The second-order valence-corrected chi connectivity index (χ2v) is 3.63. The molecule has 0 saturated carbocycles. The number of hydrogen-bond donors (Lipinski definition) is 2. The fourth-order valence-corrected chi connectivity index (χ4v) is 1.33. The van der Waals surface area contributed by atoms with E-state index in [1.165, 1.54) is 0 Å². The van der Waals surface area contributed by atoms with Crippen LogP contribution in [-0.2, 0) is 0 Å². The van der Waals surface area contributed by atoms with E-state index in [0.717, 1.165) is 0 Å². The fourth-order valence-electron chi connectivity index (χ4n) is 0.897. The Morgan fingerprint density at radius 3 is 2.79 bits per heavy atom. The molecule has 0 aliphatic carbocycles. The standard InChI is InChI=1S/C7H8IN3O3/c8-6-2-1-5(14-6)7(13)4(12)3-10-11-9/h1-2,4,7,12-13H,3H2. The average Bonchev–Trinajstić information content (AvgIpc) is 2.60. The summed E-state index contributed by atoms with van der Waals surface area (Å²) in [5, 5.41) is 22.0. The first-order valence-corrected chi connectivity index (χ1v) is 4.85. The van der Waals surface area contributed by atoms with Crippen LogP contribution in [0.25, 0.3) is 10.4 Å².